The van der Waals surface area contributed by atoms with Crippen molar-refractivity contribution in [2.45, 2.75) is 32.7 Å². The zero-order valence-electron chi connectivity index (χ0n) is 11.2. The van der Waals surface area contributed by atoms with E-state index in [2.05, 4.69) is 40.6 Å². The fourth-order valence-electron chi connectivity index (χ4n) is 2.66. The highest BCUT2D eigenvalue weighted by atomic mass is 16.2. The maximum Gasteiger partial charge on any atom is 0.272 e. The average Bonchev–Trinajstić information content (AvgIpc) is 2.96. The molecule has 0 saturated heterocycles. The van der Waals surface area contributed by atoms with Gasteiger partial charge in [-0.05, 0) is 43.9 Å². The molecule has 0 spiro atoms. The molecule has 1 aliphatic carbocycles. The minimum atomic E-state index is -0.109. The van der Waals surface area contributed by atoms with Crippen LogP contribution in [0.15, 0.2) is 24.3 Å². The lowest BCUT2D eigenvalue weighted by molar-refractivity contribution is 0.0931. The lowest BCUT2D eigenvalue weighted by Gasteiger charge is -2.13. The molecule has 1 heterocycles. The molecule has 2 N–H and O–H groups in total. The Kier molecular flexibility index (Phi) is 2.85. The molecular formula is C15H17N3O. The first-order chi connectivity index (χ1) is 9.13. The molecule has 1 atom stereocenters. The normalized spacial score (nSPS) is 17.3. The van der Waals surface area contributed by atoms with E-state index in [4.69, 9.17) is 0 Å². The van der Waals surface area contributed by atoms with E-state index in [0.717, 1.165) is 18.5 Å². The van der Waals surface area contributed by atoms with E-state index in [1.807, 2.05) is 6.92 Å². The van der Waals surface area contributed by atoms with Gasteiger partial charge in [0.25, 0.3) is 5.91 Å². The first kappa shape index (κ1) is 12.0. The third kappa shape index (κ3) is 2.26. The second-order valence-electron chi connectivity index (χ2n) is 5.20. The second-order valence-corrected chi connectivity index (χ2v) is 5.20. The van der Waals surface area contributed by atoms with E-state index < -0.39 is 0 Å². The van der Waals surface area contributed by atoms with Crippen molar-refractivity contribution in [3.8, 4) is 0 Å². The van der Waals surface area contributed by atoms with Gasteiger partial charge < -0.3 is 5.32 Å². The summed E-state index contributed by atoms with van der Waals surface area (Å²) in [5.74, 6) is -0.109. The van der Waals surface area contributed by atoms with Gasteiger partial charge in [0.05, 0.1) is 6.04 Å². The van der Waals surface area contributed by atoms with Gasteiger partial charge in [0.2, 0.25) is 0 Å². The van der Waals surface area contributed by atoms with Crippen LogP contribution >= 0.6 is 0 Å². The lowest BCUT2D eigenvalue weighted by atomic mass is 10.1. The van der Waals surface area contributed by atoms with Crippen molar-refractivity contribution in [2.75, 3.05) is 0 Å². The predicted octanol–water partition coefficient (Wildman–Crippen LogP) is 2.44. The van der Waals surface area contributed by atoms with Gasteiger partial charge in [-0.15, -0.1) is 0 Å². The van der Waals surface area contributed by atoms with Gasteiger partial charge in [-0.25, -0.2) is 0 Å². The summed E-state index contributed by atoms with van der Waals surface area (Å²) in [4.78, 5) is 12.1. The van der Waals surface area contributed by atoms with Gasteiger partial charge >= 0.3 is 0 Å². The molecule has 1 amide bonds. The summed E-state index contributed by atoms with van der Waals surface area (Å²) in [6.45, 7) is 3.98. The maximum atomic E-state index is 12.1. The third-order valence-electron chi connectivity index (χ3n) is 3.62. The van der Waals surface area contributed by atoms with Crippen molar-refractivity contribution in [2.24, 2.45) is 0 Å². The largest absolute Gasteiger partial charge is 0.344 e. The standard InChI is InChI=1S/C15H17N3O/c1-9-3-5-12-11(7-9)4-6-13(12)16-15(19)14-8-10(2)17-18-14/h3,5,7-8,13H,4,6H2,1-2H3,(H,16,19)(H,17,18)/t13-/m0/s1. The van der Waals surface area contributed by atoms with Crippen LogP contribution in [-0.2, 0) is 6.42 Å². The lowest BCUT2D eigenvalue weighted by Crippen LogP contribution is -2.27. The van der Waals surface area contributed by atoms with Gasteiger partial charge in [0.1, 0.15) is 5.69 Å². The third-order valence-corrected chi connectivity index (χ3v) is 3.62. The molecule has 1 aromatic heterocycles. The van der Waals surface area contributed by atoms with Gasteiger partial charge in [-0.1, -0.05) is 23.8 Å². The van der Waals surface area contributed by atoms with Gasteiger partial charge in [0.15, 0.2) is 0 Å². The molecule has 4 heteroatoms. The molecule has 0 unspecified atom stereocenters. The van der Waals surface area contributed by atoms with E-state index in [1.54, 1.807) is 6.07 Å². The summed E-state index contributed by atoms with van der Waals surface area (Å²) < 4.78 is 0. The number of carbonyl (C=O) groups is 1. The summed E-state index contributed by atoms with van der Waals surface area (Å²) in [5.41, 5.74) is 5.22. The van der Waals surface area contributed by atoms with Crippen molar-refractivity contribution in [1.82, 2.24) is 15.5 Å². The predicted molar refractivity (Wildman–Crippen MR) is 73.0 cm³/mol. The highest BCUT2D eigenvalue weighted by molar-refractivity contribution is 5.92. The molecule has 19 heavy (non-hydrogen) atoms. The number of aromatic amines is 1. The molecule has 0 bridgehead atoms. The first-order valence-corrected chi connectivity index (χ1v) is 6.56. The number of nitrogens with zero attached hydrogens (tertiary/aromatic N) is 1. The van der Waals surface area contributed by atoms with Gasteiger partial charge in [-0.3, -0.25) is 9.89 Å². The molecule has 0 saturated carbocycles. The molecule has 1 aliphatic rings. The number of aromatic nitrogens is 2. The highest BCUT2D eigenvalue weighted by Crippen LogP contribution is 2.31. The van der Waals surface area contributed by atoms with Crippen molar-refractivity contribution < 1.29 is 4.79 Å². The zero-order valence-corrected chi connectivity index (χ0v) is 11.2. The van der Waals surface area contributed by atoms with Gasteiger partial charge in [0, 0.05) is 5.69 Å². The smallest absolute Gasteiger partial charge is 0.272 e. The number of hydrogen-bond donors (Lipinski definition) is 2. The fraction of sp³-hybridized carbons (Fsp3) is 0.333. The van der Waals surface area contributed by atoms with Crippen molar-refractivity contribution in [3.63, 3.8) is 0 Å². The second kappa shape index (κ2) is 4.53. The number of carbonyl (C=O) groups excluding carboxylic acids is 1. The van der Waals surface area contributed by atoms with Crippen molar-refractivity contribution in [1.29, 1.82) is 0 Å². The van der Waals surface area contributed by atoms with Crippen LogP contribution in [0, 0.1) is 13.8 Å². The van der Waals surface area contributed by atoms with Crippen LogP contribution in [0.3, 0.4) is 0 Å². The van der Waals surface area contributed by atoms with E-state index in [9.17, 15) is 4.79 Å². The van der Waals surface area contributed by atoms with Gasteiger partial charge in [-0.2, -0.15) is 5.10 Å². The molecular weight excluding hydrogens is 238 g/mol. The maximum absolute atomic E-state index is 12.1. The van der Waals surface area contributed by atoms with E-state index in [1.165, 1.54) is 16.7 Å². The Labute approximate surface area is 112 Å². The number of nitrogens with one attached hydrogen (secondary N) is 2. The minimum absolute atomic E-state index is 0.109. The summed E-state index contributed by atoms with van der Waals surface area (Å²) in [5, 5.41) is 9.84. The molecule has 0 radical (unpaired) electrons. The SMILES string of the molecule is Cc1ccc2c(c1)CC[C@@H]2NC(=O)c1cc(C)[nH]n1. The summed E-state index contributed by atoms with van der Waals surface area (Å²) in [6.07, 6.45) is 2.00. The minimum Gasteiger partial charge on any atom is -0.344 e. The number of H-pyrrole nitrogens is 1. The molecule has 98 valence electrons. The number of rotatable bonds is 2. The Morgan fingerprint density at radius 1 is 1.37 bits per heavy atom. The number of benzene rings is 1. The van der Waals surface area contributed by atoms with E-state index in [-0.39, 0.29) is 11.9 Å². The van der Waals surface area contributed by atoms with E-state index in [0.29, 0.717) is 5.69 Å². The van der Waals surface area contributed by atoms with Crippen LogP contribution in [-0.4, -0.2) is 16.1 Å². The molecule has 2 aromatic rings. The van der Waals surface area contributed by atoms with Crippen LogP contribution in [0.2, 0.25) is 0 Å². The topological polar surface area (TPSA) is 57.8 Å². The number of aryl methyl sites for hydroxylation is 3. The van der Waals surface area contributed by atoms with Crippen LogP contribution in [0.4, 0.5) is 0 Å². The van der Waals surface area contributed by atoms with Crippen LogP contribution in [0.25, 0.3) is 0 Å². The Balaban J connectivity index is 1.78. The number of hydrogen-bond acceptors (Lipinski definition) is 2. The summed E-state index contributed by atoms with van der Waals surface area (Å²) in [6, 6.07) is 8.31. The van der Waals surface area contributed by atoms with Crippen LogP contribution in [0.5, 0.6) is 0 Å². The molecule has 0 fully saturated rings. The van der Waals surface area contributed by atoms with Crippen molar-refractivity contribution in [3.05, 3.63) is 52.3 Å². The van der Waals surface area contributed by atoms with Crippen LogP contribution < -0.4 is 5.32 Å². The summed E-state index contributed by atoms with van der Waals surface area (Å²) in [7, 11) is 0. The average molecular weight is 255 g/mol. The molecule has 0 aliphatic heterocycles. The fourth-order valence-corrected chi connectivity index (χ4v) is 2.66. The Hall–Kier alpha value is -2.10. The summed E-state index contributed by atoms with van der Waals surface area (Å²) >= 11 is 0. The molecule has 3 rings (SSSR count). The molecule has 4 nitrogen and oxygen atoms in total. The van der Waals surface area contributed by atoms with E-state index >= 15 is 0 Å². The Bertz CT molecular complexity index is 630. The number of amides is 1. The monoisotopic (exact) mass is 255 g/mol. The van der Waals surface area contributed by atoms with Crippen molar-refractivity contribution >= 4 is 5.91 Å². The Morgan fingerprint density at radius 3 is 2.95 bits per heavy atom. The molecule has 1 aromatic carbocycles. The zero-order chi connectivity index (χ0) is 13.4. The number of fused-ring (bicyclic) bond motifs is 1. The Morgan fingerprint density at radius 2 is 2.21 bits per heavy atom. The first-order valence-electron chi connectivity index (χ1n) is 6.56. The highest BCUT2D eigenvalue weighted by Gasteiger charge is 2.24. The quantitative estimate of drug-likeness (QED) is 0.866. The van der Waals surface area contributed by atoms with Crippen LogP contribution in [0.1, 0.15) is 45.3 Å².